The maximum Gasteiger partial charge on any atom is 0.255 e. The van der Waals surface area contributed by atoms with Crippen molar-refractivity contribution in [1.29, 1.82) is 0 Å². The molecule has 0 aliphatic carbocycles. The highest BCUT2D eigenvalue weighted by Crippen LogP contribution is 2.20. The number of amides is 1. The van der Waals surface area contributed by atoms with Gasteiger partial charge in [0.1, 0.15) is 5.82 Å². The van der Waals surface area contributed by atoms with Crippen LogP contribution in [-0.2, 0) is 5.88 Å². The first kappa shape index (κ1) is 14.0. The number of rotatable bonds is 3. The normalized spacial score (nSPS) is 10.3. The highest BCUT2D eigenvalue weighted by Gasteiger charge is 2.09. The summed E-state index contributed by atoms with van der Waals surface area (Å²) in [4.78, 5) is 11.9. The van der Waals surface area contributed by atoms with Gasteiger partial charge >= 0.3 is 0 Å². The van der Waals surface area contributed by atoms with E-state index in [9.17, 15) is 9.18 Å². The molecule has 0 saturated carbocycles. The van der Waals surface area contributed by atoms with E-state index < -0.39 is 5.82 Å². The zero-order valence-corrected chi connectivity index (χ0v) is 12.1. The zero-order chi connectivity index (χ0) is 13.8. The number of hydrogen-bond donors (Lipinski definition) is 1. The van der Waals surface area contributed by atoms with Crippen LogP contribution in [0.3, 0.4) is 0 Å². The lowest BCUT2D eigenvalue weighted by Crippen LogP contribution is -2.12. The van der Waals surface area contributed by atoms with Crippen molar-refractivity contribution < 1.29 is 9.18 Å². The molecule has 0 unspecified atom stereocenters. The van der Waals surface area contributed by atoms with Crippen LogP contribution in [-0.4, -0.2) is 5.91 Å². The number of carbonyl (C=O) groups is 1. The van der Waals surface area contributed by atoms with Gasteiger partial charge in [0.2, 0.25) is 0 Å². The molecule has 19 heavy (non-hydrogen) atoms. The number of nitrogens with one attached hydrogen (secondary N) is 1. The van der Waals surface area contributed by atoms with Crippen molar-refractivity contribution in [2.24, 2.45) is 0 Å². The molecule has 0 atom stereocenters. The van der Waals surface area contributed by atoms with Gasteiger partial charge in [-0.05, 0) is 35.9 Å². The molecule has 5 heteroatoms. The van der Waals surface area contributed by atoms with Gasteiger partial charge in [0, 0.05) is 15.9 Å². The molecule has 2 rings (SSSR count). The second-order valence-electron chi connectivity index (χ2n) is 3.91. The van der Waals surface area contributed by atoms with Crippen LogP contribution >= 0.6 is 27.5 Å². The van der Waals surface area contributed by atoms with Gasteiger partial charge in [0.25, 0.3) is 5.91 Å². The Bertz CT molecular complexity index is 601. The van der Waals surface area contributed by atoms with E-state index in [1.165, 1.54) is 12.1 Å². The Labute approximate surface area is 123 Å². The van der Waals surface area contributed by atoms with Gasteiger partial charge in [-0.15, -0.1) is 11.6 Å². The Kier molecular flexibility index (Phi) is 4.56. The molecule has 98 valence electrons. The summed E-state index contributed by atoms with van der Waals surface area (Å²) < 4.78 is 14.2. The Morgan fingerprint density at radius 1 is 1.21 bits per heavy atom. The van der Waals surface area contributed by atoms with Crippen molar-refractivity contribution in [3.05, 3.63) is 63.9 Å². The lowest BCUT2D eigenvalue weighted by Gasteiger charge is -2.07. The smallest absolute Gasteiger partial charge is 0.255 e. The molecule has 0 aliphatic heterocycles. The second-order valence-corrected chi connectivity index (χ2v) is 5.09. The number of anilines is 1. The average molecular weight is 343 g/mol. The Morgan fingerprint density at radius 3 is 2.47 bits per heavy atom. The maximum absolute atomic E-state index is 13.6. The summed E-state index contributed by atoms with van der Waals surface area (Å²) in [5.74, 6) is -0.453. The summed E-state index contributed by atoms with van der Waals surface area (Å²) in [5, 5.41) is 2.52. The van der Waals surface area contributed by atoms with Gasteiger partial charge in [0.05, 0.1) is 5.69 Å². The van der Waals surface area contributed by atoms with Gasteiger partial charge in [-0.3, -0.25) is 4.79 Å². The Balaban J connectivity index is 2.15. The van der Waals surface area contributed by atoms with Crippen LogP contribution < -0.4 is 5.32 Å². The van der Waals surface area contributed by atoms with E-state index in [0.29, 0.717) is 15.9 Å². The summed E-state index contributed by atoms with van der Waals surface area (Å²) >= 11 is 8.83. The lowest BCUT2D eigenvalue weighted by atomic mass is 10.1. The van der Waals surface area contributed by atoms with E-state index in [0.717, 1.165) is 5.56 Å². The molecule has 0 spiro atoms. The van der Waals surface area contributed by atoms with Crippen LogP contribution in [0.1, 0.15) is 15.9 Å². The quantitative estimate of drug-likeness (QED) is 0.813. The second kappa shape index (κ2) is 6.17. The largest absolute Gasteiger partial charge is 0.319 e. The summed E-state index contributed by atoms with van der Waals surface area (Å²) in [5.41, 5.74) is 1.53. The highest BCUT2D eigenvalue weighted by molar-refractivity contribution is 9.10. The minimum absolute atomic E-state index is 0.148. The van der Waals surface area contributed by atoms with E-state index in [-0.39, 0.29) is 11.6 Å². The van der Waals surface area contributed by atoms with E-state index in [4.69, 9.17) is 11.6 Å². The van der Waals surface area contributed by atoms with E-state index in [1.54, 1.807) is 30.3 Å². The molecular formula is C14H10BrClFNO. The van der Waals surface area contributed by atoms with Crippen molar-refractivity contribution in [2.45, 2.75) is 5.88 Å². The topological polar surface area (TPSA) is 29.1 Å². The van der Waals surface area contributed by atoms with Gasteiger partial charge in [-0.25, -0.2) is 4.39 Å². The third kappa shape index (κ3) is 3.55. The lowest BCUT2D eigenvalue weighted by molar-refractivity contribution is 0.102. The first-order valence-electron chi connectivity index (χ1n) is 5.51. The van der Waals surface area contributed by atoms with Crippen LogP contribution in [0.5, 0.6) is 0 Å². The SMILES string of the molecule is O=C(Nc1ccc(Br)cc1F)c1ccc(CCl)cc1. The number of benzene rings is 2. The van der Waals surface area contributed by atoms with Crippen LogP contribution in [0.25, 0.3) is 0 Å². The van der Waals surface area contributed by atoms with Gasteiger partial charge < -0.3 is 5.32 Å². The number of halogens is 3. The monoisotopic (exact) mass is 341 g/mol. The third-order valence-electron chi connectivity index (χ3n) is 2.55. The molecule has 1 amide bonds. The number of carbonyl (C=O) groups excluding carboxylic acids is 1. The molecule has 1 N–H and O–H groups in total. The molecule has 0 aromatic heterocycles. The van der Waals surface area contributed by atoms with Crippen molar-refractivity contribution in [3.8, 4) is 0 Å². The van der Waals surface area contributed by atoms with E-state index in [2.05, 4.69) is 21.2 Å². The van der Waals surface area contributed by atoms with Crippen LogP contribution in [0.2, 0.25) is 0 Å². The summed E-state index contributed by atoms with van der Waals surface area (Å²) in [6, 6.07) is 11.3. The fourth-order valence-electron chi connectivity index (χ4n) is 1.53. The number of hydrogen-bond acceptors (Lipinski definition) is 1. The summed E-state index contributed by atoms with van der Waals surface area (Å²) in [6.45, 7) is 0. The Morgan fingerprint density at radius 2 is 1.89 bits per heavy atom. The molecule has 2 aromatic carbocycles. The Hall–Kier alpha value is -1.39. The van der Waals surface area contributed by atoms with Crippen molar-refractivity contribution in [3.63, 3.8) is 0 Å². The first-order valence-corrected chi connectivity index (χ1v) is 6.84. The van der Waals surface area contributed by atoms with Crippen molar-refractivity contribution in [1.82, 2.24) is 0 Å². The van der Waals surface area contributed by atoms with Gasteiger partial charge in [-0.2, -0.15) is 0 Å². The molecule has 0 aliphatic rings. The zero-order valence-electron chi connectivity index (χ0n) is 9.79. The third-order valence-corrected chi connectivity index (χ3v) is 3.35. The van der Waals surface area contributed by atoms with E-state index in [1.807, 2.05) is 0 Å². The predicted octanol–water partition coefficient (Wildman–Crippen LogP) is 4.58. The summed E-state index contributed by atoms with van der Waals surface area (Å²) in [7, 11) is 0. The fourth-order valence-corrected chi connectivity index (χ4v) is 2.04. The molecular weight excluding hydrogens is 333 g/mol. The average Bonchev–Trinajstić information content (AvgIpc) is 2.42. The predicted molar refractivity (Wildman–Crippen MR) is 78.1 cm³/mol. The minimum Gasteiger partial charge on any atom is -0.319 e. The van der Waals surface area contributed by atoms with Gasteiger partial charge in [-0.1, -0.05) is 28.1 Å². The molecule has 2 aromatic rings. The standard InChI is InChI=1S/C14H10BrClFNO/c15-11-5-6-13(12(17)7-11)18-14(19)10-3-1-9(8-16)2-4-10/h1-7H,8H2,(H,18,19). The first-order chi connectivity index (χ1) is 9.10. The molecule has 0 radical (unpaired) electrons. The van der Waals surface area contributed by atoms with Crippen molar-refractivity contribution >= 4 is 39.1 Å². The number of alkyl halides is 1. The molecule has 2 nitrogen and oxygen atoms in total. The maximum atomic E-state index is 13.6. The molecule has 0 saturated heterocycles. The molecule has 0 heterocycles. The summed E-state index contributed by atoms with van der Waals surface area (Å²) in [6.07, 6.45) is 0. The van der Waals surface area contributed by atoms with Gasteiger partial charge in [0.15, 0.2) is 0 Å². The fraction of sp³-hybridized carbons (Fsp3) is 0.0714. The van der Waals surface area contributed by atoms with Crippen LogP contribution in [0.15, 0.2) is 46.9 Å². The molecule has 0 bridgehead atoms. The van der Waals surface area contributed by atoms with Crippen LogP contribution in [0.4, 0.5) is 10.1 Å². The highest BCUT2D eigenvalue weighted by atomic mass is 79.9. The minimum atomic E-state index is -0.486. The van der Waals surface area contributed by atoms with E-state index >= 15 is 0 Å². The van der Waals surface area contributed by atoms with Crippen LogP contribution in [0, 0.1) is 5.82 Å². The van der Waals surface area contributed by atoms with Crippen molar-refractivity contribution in [2.75, 3.05) is 5.32 Å². The molecule has 0 fully saturated rings.